The summed E-state index contributed by atoms with van der Waals surface area (Å²) in [7, 11) is 0. The number of ether oxygens (including phenoxy) is 1. The molecule has 0 aliphatic carbocycles. The number of rotatable bonds is 4. The summed E-state index contributed by atoms with van der Waals surface area (Å²) in [5.41, 5.74) is 3.50. The molecule has 0 N–H and O–H groups in total. The van der Waals surface area contributed by atoms with Gasteiger partial charge in [-0.1, -0.05) is 58.4 Å². The third kappa shape index (κ3) is 3.38. The van der Waals surface area contributed by atoms with E-state index in [1.54, 1.807) is 11.3 Å². The second-order valence-corrected chi connectivity index (χ2v) is 7.59. The smallest absolute Gasteiger partial charge is 0.188 e. The van der Waals surface area contributed by atoms with Crippen molar-refractivity contribution in [1.29, 1.82) is 0 Å². The van der Waals surface area contributed by atoms with Gasteiger partial charge in [0.1, 0.15) is 6.73 Å². The fourth-order valence-electron chi connectivity index (χ4n) is 2.90. The highest BCUT2D eigenvalue weighted by Gasteiger charge is 2.27. The first-order chi connectivity index (χ1) is 11.8. The van der Waals surface area contributed by atoms with Crippen LogP contribution in [0.5, 0.6) is 0 Å². The minimum Gasteiger partial charge on any atom is -0.359 e. The van der Waals surface area contributed by atoms with Gasteiger partial charge in [-0.2, -0.15) is 0 Å². The predicted molar refractivity (Wildman–Crippen MR) is 102 cm³/mol. The van der Waals surface area contributed by atoms with E-state index >= 15 is 0 Å². The quantitative estimate of drug-likeness (QED) is 0.617. The Hall–Kier alpha value is -1.69. The molecule has 24 heavy (non-hydrogen) atoms. The van der Waals surface area contributed by atoms with Gasteiger partial charge in [0.25, 0.3) is 0 Å². The van der Waals surface area contributed by atoms with E-state index in [0.717, 1.165) is 33.9 Å². The molecule has 2 heterocycles. The van der Waals surface area contributed by atoms with E-state index < -0.39 is 0 Å². The van der Waals surface area contributed by atoms with Crippen LogP contribution in [0.15, 0.2) is 64.5 Å². The van der Waals surface area contributed by atoms with Crippen molar-refractivity contribution in [3.8, 4) is 11.3 Å². The topological polar surface area (TPSA) is 25.4 Å². The normalized spacial score (nSPS) is 17.4. The molecule has 1 aliphatic rings. The summed E-state index contributed by atoms with van der Waals surface area (Å²) in [6.07, 6.45) is 0.980. The molecule has 4 rings (SSSR count). The minimum atomic E-state index is 0.344. The highest BCUT2D eigenvalue weighted by atomic mass is 79.9. The Labute approximate surface area is 154 Å². The standard InChI is InChI=1S/C19H17BrN2OS/c20-16-8-6-15(7-9-16)18-12-24-19(21-18)22-13-23-11-17(22)10-14-4-2-1-3-5-14/h1-9,12,17H,10-11,13H2/t17-/m1/s1. The molecule has 0 radical (unpaired) electrons. The largest absolute Gasteiger partial charge is 0.359 e. The average molecular weight is 401 g/mol. The van der Waals surface area contributed by atoms with E-state index in [1.807, 2.05) is 12.1 Å². The van der Waals surface area contributed by atoms with Crippen LogP contribution in [-0.4, -0.2) is 24.4 Å². The fourth-order valence-corrected chi connectivity index (χ4v) is 4.06. The summed E-state index contributed by atoms with van der Waals surface area (Å²) in [5, 5.41) is 3.16. The van der Waals surface area contributed by atoms with Crippen LogP contribution in [-0.2, 0) is 11.2 Å². The third-order valence-electron chi connectivity index (χ3n) is 4.17. The number of thiazole rings is 1. The number of halogens is 1. The SMILES string of the molecule is Brc1ccc(-c2csc(N3COC[C@H]3Cc3ccccc3)n2)cc1. The maximum atomic E-state index is 5.71. The van der Waals surface area contributed by atoms with Crippen LogP contribution in [0.25, 0.3) is 11.3 Å². The fraction of sp³-hybridized carbons (Fsp3) is 0.211. The second-order valence-electron chi connectivity index (χ2n) is 5.84. The van der Waals surface area contributed by atoms with Crippen molar-refractivity contribution in [3.63, 3.8) is 0 Å². The molecule has 3 nitrogen and oxygen atoms in total. The molecular formula is C19H17BrN2OS. The highest BCUT2D eigenvalue weighted by molar-refractivity contribution is 9.10. The zero-order valence-electron chi connectivity index (χ0n) is 13.1. The molecule has 0 amide bonds. The lowest BCUT2D eigenvalue weighted by Gasteiger charge is -2.21. The van der Waals surface area contributed by atoms with E-state index in [4.69, 9.17) is 9.72 Å². The van der Waals surface area contributed by atoms with Gasteiger partial charge < -0.3 is 9.64 Å². The van der Waals surface area contributed by atoms with E-state index in [9.17, 15) is 0 Å². The molecular weight excluding hydrogens is 384 g/mol. The van der Waals surface area contributed by atoms with Crippen molar-refractivity contribution in [3.05, 3.63) is 70.0 Å². The number of hydrogen-bond acceptors (Lipinski definition) is 4. The molecule has 3 aromatic rings. The van der Waals surface area contributed by atoms with E-state index in [1.165, 1.54) is 5.56 Å². The molecule has 1 saturated heterocycles. The molecule has 1 aromatic heterocycles. The van der Waals surface area contributed by atoms with E-state index in [0.29, 0.717) is 12.8 Å². The molecule has 5 heteroatoms. The Balaban J connectivity index is 1.53. The molecule has 0 bridgehead atoms. The van der Waals surface area contributed by atoms with Gasteiger partial charge in [-0.05, 0) is 24.1 Å². The Bertz CT molecular complexity index is 804. The number of anilines is 1. The zero-order chi connectivity index (χ0) is 16.4. The van der Waals surface area contributed by atoms with Crippen LogP contribution < -0.4 is 4.90 Å². The van der Waals surface area contributed by atoms with Gasteiger partial charge in [-0.15, -0.1) is 11.3 Å². The summed E-state index contributed by atoms with van der Waals surface area (Å²) in [6, 6.07) is 19.2. The summed E-state index contributed by atoms with van der Waals surface area (Å²) >= 11 is 5.16. The number of nitrogens with zero attached hydrogens (tertiary/aromatic N) is 2. The van der Waals surface area contributed by atoms with Gasteiger partial charge in [-0.3, -0.25) is 0 Å². The van der Waals surface area contributed by atoms with Gasteiger partial charge >= 0.3 is 0 Å². The summed E-state index contributed by atoms with van der Waals surface area (Å²) < 4.78 is 6.79. The minimum absolute atomic E-state index is 0.344. The van der Waals surface area contributed by atoms with Gasteiger partial charge in [0.2, 0.25) is 0 Å². The maximum Gasteiger partial charge on any atom is 0.188 e. The summed E-state index contributed by atoms with van der Waals surface area (Å²) in [5.74, 6) is 0. The molecule has 1 fully saturated rings. The monoisotopic (exact) mass is 400 g/mol. The van der Waals surface area contributed by atoms with Crippen molar-refractivity contribution in [2.45, 2.75) is 12.5 Å². The van der Waals surface area contributed by atoms with Crippen molar-refractivity contribution in [1.82, 2.24) is 4.98 Å². The molecule has 1 aliphatic heterocycles. The molecule has 0 saturated carbocycles. The van der Waals surface area contributed by atoms with E-state index in [-0.39, 0.29) is 0 Å². The molecule has 122 valence electrons. The van der Waals surface area contributed by atoms with Crippen LogP contribution in [0.1, 0.15) is 5.56 Å². The lowest BCUT2D eigenvalue weighted by Crippen LogP contribution is -2.32. The molecule has 0 spiro atoms. The second kappa shape index (κ2) is 7.05. The zero-order valence-corrected chi connectivity index (χ0v) is 15.5. The Kier molecular flexibility index (Phi) is 4.65. The van der Waals surface area contributed by atoms with Crippen molar-refractivity contribution in [2.24, 2.45) is 0 Å². The number of aromatic nitrogens is 1. The van der Waals surface area contributed by atoms with Crippen LogP contribution >= 0.6 is 27.3 Å². The van der Waals surface area contributed by atoms with Crippen LogP contribution in [0.4, 0.5) is 5.13 Å². The maximum absolute atomic E-state index is 5.71. The van der Waals surface area contributed by atoms with Crippen LogP contribution in [0, 0.1) is 0 Å². The van der Waals surface area contributed by atoms with Crippen LogP contribution in [0.2, 0.25) is 0 Å². The highest BCUT2D eigenvalue weighted by Crippen LogP contribution is 2.31. The molecule has 0 unspecified atom stereocenters. The Morgan fingerprint density at radius 2 is 1.92 bits per heavy atom. The predicted octanol–water partition coefficient (Wildman–Crippen LogP) is 4.98. The van der Waals surface area contributed by atoms with E-state index in [2.05, 4.69) is 68.7 Å². The first-order valence-corrected chi connectivity index (χ1v) is 9.56. The average Bonchev–Trinajstić information content (AvgIpc) is 3.25. The molecule has 2 aromatic carbocycles. The first kappa shape index (κ1) is 15.8. The van der Waals surface area contributed by atoms with Crippen molar-refractivity contribution in [2.75, 3.05) is 18.2 Å². The van der Waals surface area contributed by atoms with Crippen molar-refractivity contribution < 1.29 is 4.74 Å². The van der Waals surface area contributed by atoms with Crippen molar-refractivity contribution >= 4 is 32.4 Å². The van der Waals surface area contributed by atoms with Crippen LogP contribution in [0.3, 0.4) is 0 Å². The Morgan fingerprint density at radius 3 is 2.71 bits per heavy atom. The lowest BCUT2D eigenvalue weighted by atomic mass is 10.1. The third-order valence-corrected chi connectivity index (χ3v) is 5.58. The summed E-state index contributed by atoms with van der Waals surface area (Å²) in [6.45, 7) is 1.37. The first-order valence-electron chi connectivity index (χ1n) is 7.89. The Morgan fingerprint density at radius 1 is 1.12 bits per heavy atom. The molecule has 1 atom stereocenters. The van der Waals surface area contributed by atoms with Gasteiger partial charge in [0, 0.05) is 15.4 Å². The summed E-state index contributed by atoms with van der Waals surface area (Å²) in [4.78, 5) is 7.11. The van der Waals surface area contributed by atoms with Gasteiger partial charge in [0.15, 0.2) is 5.13 Å². The number of hydrogen-bond donors (Lipinski definition) is 0. The van der Waals surface area contributed by atoms with Gasteiger partial charge in [0.05, 0.1) is 18.3 Å². The lowest BCUT2D eigenvalue weighted by molar-refractivity contribution is 0.194. The number of benzene rings is 2. The van der Waals surface area contributed by atoms with Gasteiger partial charge in [-0.25, -0.2) is 4.98 Å².